The van der Waals surface area contributed by atoms with E-state index < -0.39 is 0 Å². The topological polar surface area (TPSA) is 65.1 Å². The largest absolute Gasteiger partial charge is 0.493 e. The molecule has 1 atom stereocenters. The second-order valence-corrected chi connectivity index (χ2v) is 6.09. The van der Waals surface area contributed by atoms with E-state index in [-0.39, 0.29) is 23.8 Å². The quantitative estimate of drug-likeness (QED) is 0.534. The van der Waals surface area contributed by atoms with Crippen LogP contribution in [-0.4, -0.2) is 50.7 Å². The lowest BCUT2D eigenvalue weighted by Gasteiger charge is -2.23. The summed E-state index contributed by atoms with van der Waals surface area (Å²) >= 11 is 0. The Morgan fingerprint density at radius 2 is 1.88 bits per heavy atom. The van der Waals surface area contributed by atoms with Crippen molar-refractivity contribution >= 4 is 18.0 Å². The molecule has 0 spiro atoms. The van der Waals surface area contributed by atoms with Crippen molar-refractivity contribution in [1.29, 1.82) is 0 Å². The van der Waals surface area contributed by atoms with Crippen molar-refractivity contribution in [3.05, 3.63) is 29.8 Å². The lowest BCUT2D eigenvalue weighted by Crippen LogP contribution is -2.37. The molecule has 6 heteroatoms. The molecule has 25 heavy (non-hydrogen) atoms. The first-order valence-corrected chi connectivity index (χ1v) is 8.28. The first-order valence-electron chi connectivity index (χ1n) is 8.28. The van der Waals surface area contributed by atoms with E-state index in [1.165, 1.54) is 13.2 Å². The van der Waals surface area contributed by atoms with Crippen LogP contribution in [0, 0.1) is 5.92 Å². The molecule has 1 amide bonds. The number of ether oxygens (including phenoxy) is 3. The van der Waals surface area contributed by atoms with Crippen molar-refractivity contribution in [2.45, 2.75) is 25.8 Å². The highest BCUT2D eigenvalue weighted by molar-refractivity contribution is 5.92. The van der Waals surface area contributed by atoms with Crippen LogP contribution in [-0.2, 0) is 14.3 Å². The summed E-state index contributed by atoms with van der Waals surface area (Å²) < 4.78 is 15.2. The van der Waals surface area contributed by atoms with Crippen LogP contribution in [0.1, 0.15) is 25.3 Å². The lowest BCUT2D eigenvalue weighted by atomic mass is 10.1. The smallest absolute Gasteiger partial charge is 0.310 e. The molecule has 1 aromatic rings. The molecule has 1 saturated carbocycles. The minimum absolute atomic E-state index is 0.104. The van der Waals surface area contributed by atoms with Gasteiger partial charge in [0.2, 0.25) is 5.91 Å². The summed E-state index contributed by atoms with van der Waals surface area (Å²) in [5.41, 5.74) is 0.836. The molecule has 0 aliphatic heterocycles. The van der Waals surface area contributed by atoms with Crippen LogP contribution < -0.4 is 9.47 Å². The number of hydrogen-bond donors (Lipinski definition) is 0. The Balaban J connectivity index is 2.07. The fourth-order valence-corrected chi connectivity index (χ4v) is 2.60. The van der Waals surface area contributed by atoms with Crippen LogP contribution in [0.5, 0.6) is 11.5 Å². The predicted octanol–water partition coefficient (Wildman–Crippen LogP) is 2.52. The minimum atomic E-state index is -0.343. The number of esters is 1. The minimum Gasteiger partial charge on any atom is -0.493 e. The van der Waals surface area contributed by atoms with Crippen molar-refractivity contribution < 1.29 is 23.8 Å². The third-order valence-electron chi connectivity index (χ3n) is 4.17. The third kappa shape index (κ3) is 4.98. The molecule has 136 valence electrons. The molecule has 1 fully saturated rings. The Bertz CT molecular complexity index is 651. The summed E-state index contributed by atoms with van der Waals surface area (Å²) in [4.78, 5) is 25.9. The highest BCUT2D eigenvalue weighted by Gasteiger charge is 2.33. The van der Waals surface area contributed by atoms with Gasteiger partial charge in [-0.1, -0.05) is 13.0 Å². The van der Waals surface area contributed by atoms with Gasteiger partial charge < -0.3 is 19.1 Å². The number of benzene rings is 1. The Morgan fingerprint density at radius 1 is 1.20 bits per heavy atom. The van der Waals surface area contributed by atoms with Gasteiger partial charge in [-0.2, -0.15) is 0 Å². The Labute approximate surface area is 148 Å². The number of nitrogens with zero attached hydrogens (tertiary/aromatic N) is 1. The van der Waals surface area contributed by atoms with Gasteiger partial charge in [-0.3, -0.25) is 9.59 Å². The average molecular weight is 347 g/mol. The third-order valence-corrected chi connectivity index (χ3v) is 4.17. The fraction of sp³-hybridized carbons (Fsp3) is 0.474. The zero-order valence-electron chi connectivity index (χ0n) is 15.2. The van der Waals surface area contributed by atoms with Gasteiger partial charge in [-0.25, -0.2) is 0 Å². The number of carbonyl (C=O) groups excluding carboxylic acids is 2. The number of methoxy groups -OCH3 is 3. The van der Waals surface area contributed by atoms with Crippen molar-refractivity contribution in [2.24, 2.45) is 5.92 Å². The summed E-state index contributed by atoms with van der Waals surface area (Å²) in [5, 5.41) is 0. The van der Waals surface area contributed by atoms with Crippen LogP contribution in [0.15, 0.2) is 24.3 Å². The van der Waals surface area contributed by atoms with Crippen molar-refractivity contribution in [1.82, 2.24) is 4.90 Å². The number of rotatable bonds is 8. The number of carbonyl (C=O) groups is 2. The van der Waals surface area contributed by atoms with Crippen LogP contribution in [0.4, 0.5) is 0 Å². The van der Waals surface area contributed by atoms with E-state index in [1.807, 2.05) is 6.07 Å². The van der Waals surface area contributed by atoms with Gasteiger partial charge in [0.25, 0.3) is 0 Å². The van der Waals surface area contributed by atoms with E-state index in [0.29, 0.717) is 18.0 Å². The van der Waals surface area contributed by atoms with Gasteiger partial charge in [0.05, 0.1) is 27.2 Å². The fourth-order valence-electron chi connectivity index (χ4n) is 2.60. The highest BCUT2D eigenvalue weighted by atomic mass is 16.5. The van der Waals surface area contributed by atoms with Gasteiger partial charge in [-0.05, 0) is 36.6 Å². The molecule has 0 aromatic heterocycles. The molecule has 1 unspecified atom stereocenters. The maximum atomic E-state index is 12.6. The molecule has 1 aliphatic rings. The molecular weight excluding hydrogens is 322 g/mol. The van der Waals surface area contributed by atoms with E-state index in [1.54, 1.807) is 44.3 Å². The summed E-state index contributed by atoms with van der Waals surface area (Å²) in [6.45, 7) is 2.14. The summed E-state index contributed by atoms with van der Waals surface area (Å²) in [5.74, 6) is 0.493. The maximum Gasteiger partial charge on any atom is 0.310 e. The highest BCUT2D eigenvalue weighted by Crippen LogP contribution is 2.29. The lowest BCUT2D eigenvalue weighted by molar-refractivity contribution is -0.146. The van der Waals surface area contributed by atoms with E-state index in [4.69, 9.17) is 14.2 Å². The van der Waals surface area contributed by atoms with E-state index in [9.17, 15) is 9.59 Å². The Hall–Kier alpha value is -2.50. The molecule has 0 saturated heterocycles. The second kappa shape index (κ2) is 8.55. The first kappa shape index (κ1) is 18.8. The summed E-state index contributed by atoms with van der Waals surface area (Å²) in [6.07, 6.45) is 5.22. The SMILES string of the molecule is COC(=O)C(C)CN(C(=O)/C=C/c1ccc(OC)c(OC)c1)C1CC1. The monoisotopic (exact) mass is 347 g/mol. The summed E-state index contributed by atoms with van der Waals surface area (Å²) in [7, 11) is 4.51. The molecular formula is C19H25NO5. The van der Waals surface area contributed by atoms with Crippen LogP contribution in [0.3, 0.4) is 0 Å². The maximum absolute atomic E-state index is 12.6. The van der Waals surface area contributed by atoms with Crippen molar-refractivity contribution in [3.8, 4) is 11.5 Å². The van der Waals surface area contributed by atoms with Gasteiger partial charge in [-0.15, -0.1) is 0 Å². The predicted molar refractivity (Wildman–Crippen MR) is 94.5 cm³/mol. The zero-order valence-corrected chi connectivity index (χ0v) is 15.2. The van der Waals surface area contributed by atoms with E-state index >= 15 is 0 Å². The Kier molecular flexibility index (Phi) is 6.44. The standard InChI is InChI=1S/C19H25NO5/c1-13(19(22)25-4)12-20(15-7-8-15)18(21)10-6-14-5-9-16(23-2)17(11-14)24-3/h5-6,9-11,13,15H,7-8,12H2,1-4H3/b10-6+. The molecule has 0 bridgehead atoms. The second-order valence-electron chi connectivity index (χ2n) is 6.09. The average Bonchev–Trinajstić information content (AvgIpc) is 3.47. The normalized spacial score (nSPS) is 14.9. The van der Waals surface area contributed by atoms with E-state index in [2.05, 4.69) is 0 Å². The zero-order chi connectivity index (χ0) is 18.4. The summed E-state index contributed by atoms with van der Waals surface area (Å²) in [6, 6.07) is 5.67. The van der Waals surface area contributed by atoms with Crippen molar-refractivity contribution in [2.75, 3.05) is 27.9 Å². The van der Waals surface area contributed by atoms with Gasteiger partial charge in [0, 0.05) is 18.7 Å². The molecule has 0 radical (unpaired) electrons. The van der Waals surface area contributed by atoms with E-state index in [0.717, 1.165) is 18.4 Å². The number of hydrogen-bond acceptors (Lipinski definition) is 5. The van der Waals surface area contributed by atoms with Crippen molar-refractivity contribution in [3.63, 3.8) is 0 Å². The molecule has 0 heterocycles. The molecule has 1 aliphatic carbocycles. The van der Waals surface area contributed by atoms with Gasteiger partial charge in [0.1, 0.15) is 0 Å². The first-order chi connectivity index (χ1) is 12.0. The Morgan fingerprint density at radius 3 is 2.44 bits per heavy atom. The molecule has 6 nitrogen and oxygen atoms in total. The van der Waals surface area contributed by atoms with Crippen LogP contribution in [0.25, 0.3) is 6.08 Å². The van der Waals surface area contributed by atoms with Crippen LogP contribution in [0.2, 0.25) is 0 Å². The number of amides is 1. The molecule has 2 rings (SSSR count). The molecule has 0 N–H and O–H groups in total. The van der Waals surface area contributed by atoms with Gasteiger partial charge in [0.15, 0.2) is 11.5 Å². The van der Waals surface area contributed by atoms with Gasteiger partial charge >= 0.3 is 5.97 Å². The van der Waals surface area contributed by atoms with Crippen LogP contribution >= 0.6 is 0 Å². The molecule has 1 aromatic carbocycles.